The molecule has 1 saturated heterocycles. The van der Waals surface area contributed by atoms with E-state index in [0.717, 1.165) is 0 Å². The molecule has 178 valence electrons. The number of ether oxygens (including phenoxy) is 3. The number of hydrogen-bond acceptors (Lipinski definition) is 8. The molecule has 3 heterocycles. The van der Waals surface area contributed by atoms with Crippen LogP contribution in [0.5, 0.6) is 0 Å². The molecule has 0 N–H and O–H groups in total. The number of fused-ring (bicyclic) bond motifs is 1. The zero-order valence-corrected chi connectivity index (χ0v) is 18.7. The Labute approximate surface area is 199 Å². The third-order valence-corrected chi connectivity index (χ3v) is 5.84. The molecule has 10 heteroatoms. The molecule has 0 bridgehead atoms. The number of alkyl halides is 1. The Hall–Kier alpha value is -4.18. The molecule has 4 aromatic rings. The third kappa shape index (κ3) is 4.12. The molecule has 1 fully saturated rings. The zero-order chi connectivity index (χ0) is 24.5. The maximum absolute atomic E-state index is 15.9. The monoisotopic (exact) mass is 476 g/mol. The van der Waals surface area contributed by atoms with Gasteiger partial charge in [-0.05, 0) is 31.2 Å². The van der Waals surface area contributed by atoms with Gasteiger partial charge in [-0.2, -0.15) is 0 Å². The summed E-state index contributed by atoms with van der Waals surface area (Å²) in [7, 11) is 0. The number of carbonyl (C=O) groups is 2. The fourth-order valence-electron chi connectivity index (χ4n) is 4.11. The summed E-state index contributed by atoms with van der Waals surface area (Å²) in [6.45, 7) is 0.376. The lowest BCUT2D eigenvalue weighted by Crippen LogP contribution is -2.53. The average Bonchev–Trinajstić information content (AvgIpc) is 3.43. The van der Waals surface area contributed by atoms with Crippen LogP contribution in [0.3, 0.4) is 0 Å². The Morgan fingerprint density at radius 1 is 1.06 bits per heavy atom. The molecule has 0 aliphatic carbocycles. The van der Waals surface area contributed by atoms with Gasteiger partial charge < -0.3 is 14.2 Å². The van der Waals surface area contributed by atoms with Crippen LogP contribution in [-0.2, 0) is 19.9 Å². The molecule has 0 saturated carbocycles. The molecular formula is C25H21FN4O5. The minimum atomic E-state index is -2.12. The molecule has 1 aliphatic rings. The molecule has 9 nitrogen and oxygen atoms in total. The Bertz CT molecular complexity index is 1360. The van der Waals surface area contributed by atoms with Crippen LogP contribution in [-0.4, -0.2) is 56.4 Å². The van der Waals surface area contributed by atoms with Gasteiger partial charge in [-0.25, -0.2) is 28.9 Å². The third-order valence-electron chi connectivity index (χ3n) is 5.84. The average molecular weight is 476 g/mol. The van der Waals surface area contributed by atoms with Crippen LogP contribution in [0.25, 0.3) is 11.2 Å². The topological polar surface area (TPSA) is 105 Å². The van der Waals surface area contributed by atoms with E-state index in [1.54, 1.807) is 60.7 Å². The van der Waals surface area contributed by atoms with E-state index in [0.29, 0.717) is 16.7 Å². The Kier molecular flexibility index (Phi) is 5.73. The first kappa shape index (κ1) is 22.6. The van der Waals surface area contributed by atoms with Gasteiger partial charge >= 0.3 is 11.9 Å². The number of benzene rings is 2. The number of rotatable bonds is 6. The molecular weight excluding hydrogens is 455 g/mol. The second-order valence-electron chi connectivity index (χ2n) is 8.35. The highest BCUT2D eigenvalue weighted by Crippen LogP contribution is 2.43. The van der Waals surface area contributed by atoms with Gasteiger partial charge in [0, 0.05) is 0 Å². The lowest BCUT2D eigenvalue weighted by molar-refractivity contribution is -0.155. The lowest BCUT2D eigenvalue weighted by atomic mass is 9.95. The predicted octanol–water partition coefficient (Wildman–Crippen LogP) is 3.32. The molecule has 0 spiro atoms. The van der Waals surface area contributed by atoms with Gasteiger partial charge in [-0.15, -0.1) is 0 Å². The number of imidazole rings is 1. The number of hydrogen-bond donors (Lipinski definition) is 0. The summed E-state index contributed by atoms with van der Waals surface area (Å²) in [5.41, 5.74) is -2.64. The predicted molar refractivity (Wildman–Crippen MR) is 121 cm³/mol. The minimum Gasteiger partial charge on any atom is -0.457 e. The summed E-state index contributed by atoms with van der Waals surface area (Å²) in [6, 6.07) is 16.6. The number of aromatic nitrogens is 4. The quantitative estimate of drug-likeness (QED) is 0.390. The van der Waals surface area contributed by atoms with Crippen molar-refractivity contribution in [1.82, 2.24) is 19.5 Å². The van der Waals surface area contributed by atoms with Crippen LogP contribution in [0.4, 0.5) is 4.39 Å². The van der Waals surface area contributed by atoms with Crippen molar-refractivity contribution >= 4 is 23.1 Å². The molecule has 2 aromatic carbocycles. The van der Waals surface area contributed by atoms with E-state index in [9.17, 15) is 9.59 Å². The van der Waals surface area contributed by atoms with Gasteiger partial charge in [0.1, 0.15) is 18.5 Å². The molecule has 2 aromatic heterocycles. The normalized spacial score (nSPS) is 23.8. The van der Waals surface area contributed by atoms with Crippen molar-refractivity contribution in [1.29, 1.82) is 0 Å². The summed E-state index contributed by atoms with van der Waals surface area (Å²) in [5, 5.41) is 0. The second kappa shape index (κ2) is 8.88. The van der Waals surface area contributed by atoms with Crippen LogP contribution in [0.2, 0.25) is 0 Å². The molecule has 3 unspecified atom stereocenters. The Balaban J connectivity index is 1.56. The summed E-state index contributed by atoms with van der Waals surface area (Å²) in [4.78, 5) is 38.2. The van der Waals surface area contributed by atoms with Crippen molar-refractivity contribution in [2.24, 2.45) is 0 Å². The molecule has 0 amide bonds. The standard InChI is InChI=1S/C25H21FN4O5/c1-24(26)13-34-25(14-33-21(31)17-8-4-2-5-9-17,30-16-29-19-12-27-15-28-20(19)30)23(24)35-22(32)18-10-6-3-7-11-18/h2-12,15-16,23H,13-14H2,1H3. The second-order valence-corrected chi connectivity index (χ2v) is 8.35. The smallest absolute Gasteiger partial charge is 0.338 e. The first-order valence-electron chi connectivity index (χ1n) is 10.9. The van der Waals surface area contributed by atoms with E-state index in [1.807, 2.05) is 0 Å². The van der Waals surface area contributed by atoms with E-state index in [2.05, 4.69) is 15.0 Å². The molecule has 5 rings (SSSR count). The van der Waals surface area contributed by atoms with E-state index in [-0.39, 0.29) is 5.56 Å². The van der Waals surface area contributed by atoms with E-state index in [4.69, 9.17) is 14.2 Å². The van der Waals surface area contributed by atoms with Crippen molar-refractivity contribution < 1.29 is 28.2 Å². The van der Waals surface area contributed by atoms with Gasteiger partial charge in [0.15, 0.2) is 17.4 Å². The van der Waals surface area contributed by atoms with Crippen molar-refractivity contribution in [3.05, 3.63) is 90.6 Å². The zero-order valence-electron chi connectivity index (χ0n) is 18.7. The highest BCUT2D eigenvalue weighted by molar-refractivity contribution is 5.90. The highest BCUT2D eigenvalue weighted by Gasteiger charge is 2.62. The van der Waals surface area contributed by atoms with Crippen molar-refractivity contribution in [3.8, 4) is 0 Å². The fraction of sp³-hybridized carbons (Fsp3) is 0.240. The fourth-order valence-corrected chi connectivity index (χ4v) is 4.11. The van der Waals surface area contributed by atoms with Gasteiger partial charge in [0.2, 0.25) is 5.72 Å². The molecule has 35 heavy (non-hydrogen) atoms. The Morgan fingerprint density at radius 2 is 1.71 bits per heavy atom. The summed E-state index contributed by atoms with van der Waals surface area (Å²) < 4.78 is 34.6. The number of nitrogens with zero attached hydrogens (tertiary/aromatic N) is 4. The lowest BCUT2D eigenvalue weighted by Gasteiger charge is -2.36. The van der Waals surface area contributed by atoms with Crippen LogP contribution >= 0.6 is 0 Å². The number of carbonyl (C=O) groups excluding carboxylic acids is 2. The number of esters is 2. The SMILES string of the molecule is CC1(F)COC(COC(=O)c2ccccc2)(n2cnc3cncnc32)C1OC(=O)c1ccccc1. The molecule has 0 radical (unpaired) electrons. The van der Waals surface area contributed by atoms with Gasteiger partial charge in [-0.3, -0.25) is 4.57 Å². The van der Waals surface area contributed by atoms with E-state index < -0.39 is 42.7 Å². The summed E-state index contributed by atoms with van der Waals surface area (Å²) >= 11 is 0. The van der Waals surface area contributed by atoms with Gasteiger partial charge in [0.25, 0.3) is 0 Å². The molecule has 3 atom stereocenters. The maximum atomic E-state index is 15.9. The van der Waals surface area contributed by atoms with Crippen LogP contribution in [0, 0.1) is 0 Å². The van der Waals surface area contributed by atoms with Crippen molar-refractivity contribution in [3.63, 3.8) is 0 Å². The maximum Gasteiger partial charge on any atom is 0.338 e. The van der Waals surface area contributed by atoms with Crippen molar-refractivity contribution in [2.45, 2.75) is 24.4 Å². The summed E-state index contributed by atoms with van der Waals surface area (Å²) in [5.74, 6) is -1.39. The summed E-state index contributed by atoms with van der Waals surface area (Å²) in [6.07, 6.45) is 2.66. The van der Waals surface area contributed by atoms with E-state index >= 15 is 4.39 Å². The minimum absolute atomic E-state index is 0.239. The van der Waals surface area contributed by atoms with Crippen LogP contribution in [0.1, 0.15) is 27.6 Å². The first-order valence-corrected chi connectivity index (χ1v) is 10.9. The van der Waals surface area contributed by atoms with Crippen LogP contribution in [0.15, 0.2) is 79.5 Å². The highest BCUT2D eigenvalue weighted by atomic mass is 19.1. The largest absolute Gasteiger partial charge is 0.457 e. The number of halogens is 1. The first-order chi connectivity index (χ1) is 16.9. The van der Waals surface area contributed by atoms with Gasteiger partial charge in [0.05, 0.1) is 30.3 Å². The van der Waals surface area contributed by atoms with Crippen molar-refractivity contribution in [2.75, 3.05) is 13.2 Å². The van der Waals surface area contributed by atoms with E-state index in [1.165, 1.54) is 30.3 Å². The molecule has 1 aliphatic heterocycles. The van der Waals surface area contributed by atoms with Crippen LogP contribution < -0.4 is 0 Å². The Morgan fingerprint density at radius 3 is 2.40 bits per heavy atom. The van der Waals surface area contributed by atoms with Gasteiger partial charge in [-0.1, -0.05) is 36.4 Å².